The van der Waals surface area contributed by atoms with Crippen molar-refractivity contribution < 1.29 is 19.4 Å². The molecule has 0 aliphatic carbocycles. The number of hydrogen-bond donors (Lipinski definition) is 2. The summed E-state index contributed by atoms with van der Waals surface area (Å²) in [7, 11) is 1.53. The summed E-state index contributed by atoms with van der Waals surface area (Å²) in [6, 6.07) is 5.12. The highest BCUT2D eigenvalue weighted by Crippen LogP contribution is 2.22. The van der Waals surface area contributed by atoms with E-state index in [0.717, 1.165) is 5.56 Å². The molecule has 0 spiro atoms. The number of rotatable bonds is 7. The van der Waals surface area contributed by atoms with Crippen molar-refractivity contribution in [3.63, 3.8) is 0 Å². The number of ether oxygens (including phenoxy) is 1. The molecule has 1 aromatic carbocycles. The minimum atomic E-state index is -0.979. The van der Waals surface area contributed by atoms with Crippen LogP contribution in [0.15, 0.2) is 18.2 Å². The van der Waals surface area contributed by atoms with Crippen LogP contribution in [0.3, 0.4) is 0 Å². The highest BCUT2D eigenvalue weighted by atomic mass is 16.5. The molecule has 0 bridgehead atoms. The topological polar surface area (TPSA) is 92.9 Å². The summed E-state index contributed by atoms with van der Waals surface area (Å²) in [6.45, 7) is 2.38. The number of aliphatic carboxylic acids is 1. The Morgan fingerprint density at radius 1 is 1.42 bits per heavy atom. The van der Waals surface area contributed by atoms with Gasteiger partial charge in [0.25, 0.3) is 5.91 Å². The lowest BCUT2D eigenvalue weighted by Gasteiger charge is -2.24. The number of methoxy groups -OCH3 is 1. The van der Waals surface area contributed by atoms with Gasteiger partial charge >= 0.3 is 5.97 Å². The van der Waals surface area contributed by atoms with Gasteiger partial charge in [0.2, 0.25) is 0 Å². The summed E-state index contributed by atoms with van der Waals surface area (Å²) in [4.78, 5) is 23.9. The van der Waals surface area contributed by atoms with Gasteiger partial charge in [-0.2, -0.15) is 0 Å². The van der Waals surface area contributed by atoms with Crippen molar-refractivity contribution in [3.05, 3.63) is 29.3 Å². The van der Waals surface area contributed by atoms with Crippen molar-refractivity contribution in [2.24, 2.45) is 5.73 Å². The molecule has 6 heteroatoms. The van der Waals surface area contributed by atoms with Gasteiger partial charge in [-0.05, 0) is 24.6 Å². The van der Waals surface area contributed by atoms with Gasteiger partial charge in [-0.3, -0.25) is 9.59 Å². The molecule has 1 rings (SSSR count). The zero-order valence-electron chi connectivity index (χ0n) is 11.0. The van der Waals surface area contributed by atoms with Crippen LogP contribution >= 0.6 is 0 Å². The maximum atomic E-state index is 11.4. The highest BCUT2D eigenvalue weighted by Gasteiger charge is 2.17. The second kappa shape index (κ2) is 6.75. The van der Waals surface area contributed by atoms with Gasteiger partial charge in [-0.1, -0.05) is 6.07 Å². The highest BCUT2D eigenvalue weighted by molar-refractivity contribution is 5.99. The summed E-state index contributed by atoms with van der Waals surface area (Å²) in [5, 5.41) is 8.94. The van der Waals surface area contributed by atoms with Gasteiger partial charge in [0, 0.05) is 13.7 Å². The number of carboxylic acids is 1. The number of carboxylic acid groups (broad SMARTS) is 1. The first kappa shape index (κ1) is 15.0. The lowest BCUT2D eigenvalue weighted by atomic mass is 10.1. The van der Waals surface area contributed by atoms with Crippen LogP contribution in [0.25, 0.3) is 0 Å². The molecule has 0 aromatic heterocycles. The number of aryl methyl sites for hydroxylation is 1. The van der Waals surface area contributed by atoms with E-state index in [0.29, 0.717) is 24.4 Å². The third-order valence-corrected chi connectivity index (χ3v) is 2.65. The monoisotopic (exact) mass is 266 g/mol. The van der Waals surface area contributed by atoms with Gasteiger partial charge in [0.05, 0.1) is 17.9 Å². The molecule has 0 heterocycles. The molecule has 0 aliphatic rings. The molecule has 0 aliphatic heterocycles. The van der Waals surface area contributed by atoms with Crippen LogP contribution < -0.4 is 10.6 Å². The van der Waals surface area contributed by atoms with Crippen LogP contribution in [0.1, 0.15) is 15.9 Å². The predicted molar refractivity (Wildman–Crippen MR) is 71.4 cm³/mol. The number of anilines is 1. The Kier molecular flexibility index (Phi) is 5.32. The number of nitrogens with zero attached hydrogens (tertiary/aromatic N) is 1. The minimum Gasteiger partial charge on any atom is -0.480 e. The molecule has 0 saturated carbocycles. The summed E-state index contributed by atoms with van der Waals surface area (Å²) < 4.78 is 4.96. The molecule has 0 atom stereocenters. The summed E-state index contributed by atoms with van der Waals surface area (Å²) in [6.07, 6.45) is 0. The van der Waals surface area contributed by atoms with E-state index in [2.05, 4.69) is 0 Å². The van der Waals surface area contributed by atoms with E-state index in [1.807, 2.05) is 6.92 Å². The van der Waals surface area contributed by atoms with E-state index in [9.17, 15) is 9.59 Å². The largest absolute Gasteiger partial charge is 0.480 e. The Bertz CT molecular complexity index is 474. The maximum absolute atomic E-state index is 11.4. The molecule has 0 saturated heterocycles. The van der Waals surface area contributed by atoms with Crippen molar-refractivity contribution in [2.75, 3.05) is 31.7 Å². The zero-order valence-corrected chi connectivity index (χ0v) is 11.0. The van der Waals surface area contributed by atoms with Crippen LogP contribution in [0.5, 0.6) is 0 Å². The van der Waals surface area contributed by atoms with Crippen molar-refractivity contribution in [2.45, 2.75) is 6.92 Å². The van der Waals surface area contributed by atoms with E-state index in [1.165, 1.54) is 7.11 Å². The molecule has 6 nitrogen and oxygen atoms in total. The first-order chi connectivity index (χ1) is 8.95. The van der Waals surface area contributed by atoms with Crippen molar-refractivity contribution in [1.29, 1.82) is 0 Å². The third kappa shape index (κ3) is 4.26. The lowest BCUT2D eigenvalue weighted by Crippen LogP contribution is -2.34. The molecule has 0 radical (unpaired) electrons. The van der Waals surface area contributed by atoms with Gasteiger partial charge in [-0.25, -0.2) is 0 Å². The molecule has 104 valence electrons. The fourth-order valence-corrected chi connectivity index (χ4v) is 1.76. The average Bonchev–Trinajstić information content (AvgIpc) is 2.33. The van der Waals surface area contributed by atoms with E-state index < -0.39 is 11.9 Å². The summed E-state index contributed by atoms with van der Waals surface area (Å²) >= 11 is 0. The zero-order chi connectivity index (χ0) is 14.4. The average molecular weight is 266 g/mol. The molecular formula is C13H18N2O4. The quantitative estimate of drug-likeness (QED) is 0.755. The molecule has 1 amide bonds. The third-order valence-electron chi connectivity index (χ3n) is 2.65. The van der Waals surface area contributed by atoms with E-state index in [1.54, 1.807) is 23.1 Å². The Balaban J connectivity index is 3.14. The van der Waals surface area contributed by atoms with Crippen LogP contribution in [0.2, 0.25) is 0 Å². The first-order valence-electron chi connectivity index (χ1n) is 5.82. The minimum absolute atomic E-state index is 0.215. The summed E-state index contributed by atoms with van der Waals surface area (Å²) in [5.74, 6) is -1.56. The maximum Gasteiger partial charge on any atom is 0.323 e. The van der Waals surface area contributed by atoms with E-state index in [4.69, 9.17) is 15.6 Å². The molecule has 0 unspecified atom stereocenters. The van der Waals surface area contributed by atoms with Gasteiger partial charge < -0.3 is 20.5 Å². The molecule has 19 heavy (non-hydrogen) atoms. The Hall–Kier alpha value is -2.08. The lowest BCUT2D eigenvalue weighted by molar-refractivity contribution is -0.135. The number of hydrogen-bond acceptors (Lipinski definition) is 4. The van der Waals surface area contributed by atoms with E-state index in [-0.39, 0.29) is 6.54 Å². The van der Waals surface area contributed by atoms with Crippen molar-refractivity contribution in [1.82, 2.24) is 0 Å². The molecule has 3 N–H and O–H groups in total. The summed E-state index contributed by atoms with van der Waals surface area (Å²) in [5.41, 5.74) is 7.07. The second-order valence-electron chi connectivity index (χ2n) is 4.19. The number of benzene rings is 1. The predicted octanol–water partition coefficient (Wildman–Crippen LogP) is 0.631. The van der Waals surface area contributed by atoms with Crippen molar-refractivity contribution in [3.8, 4) is 0 Å². The van der Waals surface area contributed by atoms with E-state index >= 15 is 0 Å². The van der Waals surface area contributed by atoms with Crippen LogP contribution in [-0.4, -0.2) is 43.8 Å². The van der Waals surface area contributed by atoms with Gasteiger partial charge in [0.15, 0.2) is 0 Å². The first-order valence-corrected chi connectivity index (χ1v) is 5.82. The molecule has 0 fully saturated rings. The van der Waals surface area contributed by atoms with Gasteiger partial charge in [-0.15, -0.1) is 0 Å². The van der Waals surface area contributed by atoms with Crippen LogP contribution in [-0.2, 0) is 9.53 Å². The fourth-order valence-electron chi connectivity index (χ4n) is 1.76. The Morgan fingerprint density at radius 2 is 2.11 bits per heavy atom. The Morgan fingerprint density at radius 3 is 2.63 bits per heavy atom. The number of carbonyl (C=O) groups excluding carboxylic acids is 1. The number of primary amides is 1. The van der Waals surface area contributed by atoms with Crippen LogP contribution in [0.4, 0.5) is 5.69 Å². The number of nitrogens with two attached hydrogens (primary N) is 1. The van der Waals surface area contributed by atoms with Crippen LogP contribution in [0, 0.1) is 6.92 Å². The normalized spacial score (nSPS) is 10.2. The molecular weight excluding hydrogens is 248 g/mol. The van der Waals surface area contributed by atoms with Gasteiger partial charge in [0.1, 0.15) is 6.54 Å². The fraction of sp³-hybridized carbons (Fsp3) is 0.385. The second-order valence-corrected chi connectivity index (χ2v) is 4.19. The SMILES string of the molecule is COCCN(CC(=O)O)c1cc(C)ccc1C(N)=O. The molecule has 1 aromatic rings. The Labute approximate surface area is 111 Å². The van der Waals surface area contributed by atoms with Crippen molar-refractivity contribution >= 4 is 17.6 Å². The number of carbonyl (C=O) groups is 2. The number of amides is 1. The standard InChI is InChI=1S/C13H18N2O4/c1-9-3-4-10(13(14)18)11(7-9)15(5-6-19-2)8-12(16)17/h3-4,7H,5-6,8H2,1-2H3,(H2,14,18)(H,16,17). The smallest absolute Gasteiger partial charge is 0.323 e.